The van der Waals surface area contributed by atoms with Crippen LogP contribution < -0.4 is 19.7 Å². The summed E-state index contributed by atoms with van der Waals surface area (Å²) in [6.45, 7) is 8.04. The van der Waals surface area contributed by atoms with E-state index in [1.54, 1.807) is 23.1 Å². The molecular weight excluding hydrogens is 504 g/mol. The zero-order chi connectivity index (χ0) is 26.5. The molecule has 3 aromatic carbocycles. The Bertz CT molecular complexity index is 1380. The van der Waals surface area contributed by atoms with E-state index in [9.17, 15) is 9.59 Å². The number of amides is 2. The third kappa shape index (κ3) is 6.39. The maximum atomic E-state index is 13.1. The van der Waals surface area contributed by atoms with E-state index in [0.717, 1.165) is 33.6 Å². The third-order valence-corrected chi connectivity index (χ3v) is 6.98. The van der Waals surface area contributed by atoms with E-state index in [-0.39, 0.29) is 18.4 Å². The van der Waals surface area contributed by atoms with Gasteiger partial charge in [-0.25, -0.2) is 0 Å². The second-order valence-electron chi connectivity index (χ2n) is 8.65. The topological polar surface area (TPSA) is 67.9 Å². The number of carbonyl (C=O) groups is 2. The van der Waals surface area contributed by atoms with E-state index < -0.39 is 0 Å². The standard InChI is InChI=1S/C29H28N2O4S2/c1-5-34-25-15-21(16-26-28(33)31(29(36)37-26)22-11-7-18(2)8-12-22)10-13-24(25)35-17-27(32)30-23-14-19(3)6-9-20(23)4/h6-16H,5,17H2,1-4H3,(H,30,32)/b26-16-. The lowest BCUT2D eigenvalue weighted by atomic mass is 10.1. The van der Waals surface area contributed by atoms with Crippen LogP contribution in [0.3, 0.4) is 0 Å². The fraction of sp³-hybridized carbons (Fsp3) is 0.207. The highest BCUT2D eigenvalue weighted by atomic mass is 32.2. The molecule has 1 saturated heterocycles. The van der Waals surface area contributed by atoms with Crippen molar-refractivity contribution >= 4 is 57.6 Å². The molecule has 1 aliphatic rings. The number of carbonyl (C=O) groups excluding carboxylic acids is 2. The van der Waals surface area contributed by atoms with Crippen molar-refractivity contribution in [3.8, 4) is 11.5 Å². The Labute approximate surface area is 226 Å². The van der Waals surface area contributed by atoms with Crippen molar-refractivity contribution in [1.29, 1.82) is 0 Å². The van der Waals surface area contributed by atoms with Gasteiger partial charge >= 0.3 is 0 Å². The molecule has 37 heavy (non-hydrogen) atoms. The van der Waals surface area contributed by atoms with E-state index in [0.29, 0.717) is 27.3 Å². The Morgan fingerprint density at radius 2 is 1.70 bits per heavy atom. The molecule has 1 heterocycles. The first kappa shape index (κ1) is 26.4. The Morgan fingerprint density at radius 1 is 0.973 bits per heavy atom. The smallest absolute Gasteiger partial charge is 0.270 e. The molecule has 0 aromatic heterocycles. The zero-order valence-electron chi connectivity index (χ0n) is 21.2. The molecule has 4 rings (SSSR count). The van der Waals surface area contributed by atoms with Gasteiger partial charge in [0.1, 0.15) is 0 Å². The van der Waals surface area contributed by atoms with Gasteiger partial charge in [0, 0.05) is 5.69 Å². The summed E-state index contributed by atoms with van der Waals surface area (Å²) in [6, 6.07) is 18.9. The number of hydrogen-bond donors (Lipinski definition) is 1. The SMILES string of the molecule is CCOc1cc(/C=C2\SC(=S)N(c3ccc(C)cc3)C2=O)ccc1OCC(=O)Nc1cc(C)ccc1C. The Hall–Kier alpha value is -3.62. The van der Waals surface area contributed by atoms with Crippen molar-refractivity contribution in [2.24, 2.45) is 0 Å². The summed E-state index contributed by atoms with van der Waals surface area (Å²) in [4.78, 5) is 27.7. The second-order valence-corrected chi connectivity index (χ2v) is 10.3. The number of thioether (sulfide) groups is 1. The minimum absolute atomic E-state index is 0.165. The van der Waals surface area contributed by atoms with Crippen molar-refractivity contribution < 1.29 is 19.1 Å². The van der Waals surface area contributed by atoms with Crippen molar-refractivity contribution in [2.75, 3.05) is 23.4 Å². The molecule has 0 radical (unpaired) electrons. The maximum Gasteiger partial charge on any atom is 0.270 e. The van der Waals surface area contributed by atoms with Crippen LogP contribution in [0.4, 0.5) is 11.4 Å². The predicted molar refractivity (Wildman–Crippen MR) is 154 cm³/mol. The fourth-order valence-corrected chi connectivity index (χ4v) is 5.04. The fourth-order valence-electron chi connectivity index (χ4n) is 3.74. The average Bonchev–Trinajstić information content (AvgIpc) is 3.14. The number of aryl methyl sites for hydroxylation is 3. The van der Waals surface area contributed by atoms with Gasteiger partial charge in [-0.2, -0.15) is 0 Å². The molecule has 190 valence electrons. The lowest BCUT2D eigenvalue weighted by Crippen LogP contribution is -2.27. The quantitative estimate of drug-likeness (QED) is 0.266. The van der Waals surface area contributed by atoms with Crippen LogP contribution in [0.5, 0.6) is 11.5 Å². The molecule has 1 aliphatic heterocycles. The van der Waals surface area contributed by atoms with Crippen LogP contribution in [-0.2, 0) is 9.59 Å². The zero-order valence-corrected chi connectivity index (χ0v) is 22.8. The van der Waals surface area contributed by atoms with Crippen LogP contribution in [0.1, 0.15) is 29.2 Å². The van der Waals surface area contributed by atoms with Gasteiger partial charge < -0.3 is 14.8 Å². The molecule has 0 saturated carbocycles. The number of nitrogens with zero attached hydrogens (tertiary/aromatic N) is 1. The van der Waals surface area contributed by atoms with E-state index in [1.165, 1.54) is 11.8 Å². The number of thiocarbonyl (C=S) groups is 1. The summed E-state index contributed by atoms with van der Waals surface area (Å²) < 4.78 is 12.0. The van der Waals surface area contributed by atoms with Crippen molar-refractivity contribution in [1.82, 2.24) is 0 Å². The highest BCUT2D eigenvalue weighted by molar-refractivity contribution is 8.27. The van der Waals surface area contributed by atoms with Gasteiger partial charge in [-0.05, 0) is 80.8 Å². The molecule has 0 aliphatic carbocycles. The lowest BCUT2D eigenvalue weighted by Gasteiger charge is -2.14. The molecule has 0 spiro atoms. The molecule has 1 N–H and O–H groups in total. The molecule has 0 unspecified atom stereocenters. The molecule has 6 nitrogen and oxygen atoms in total. The average molecular weight is 533 g/mol. The van der Waals surface area contributed by atoms with Gasteiger partial charge in [0.2, 0.25) is 0 Å². The van der Waals surface area contributed by atoms with E-state index in [1.807, 2.05) is 76.2 Å². The largest absolute Gasteiger partial charge is 0.490 e. The van der Waals surface area contributed by atoms with Gasteiger partial charge in [-0.1, -0.05) is 59.9 Å². The number of hydrogen-bond acceptors (Lipinski definition) is 6. The summed E-state index contributed by atoms with van der Waals surface area (Å²) in [7, 11) is 0. The number of benzene rings is 3. The van der Waals surface area contributed by atoms with E-state index >= 15 is 0 Å². The van der Waals surface area contributed by atoms with Gasteiger partial charge in [0.15, 0.2) is 22.4 Å². The first-order valence-electron chi connectivity index (χ1n) is 11.9. The summed E-state index contributed by atoms with van der Waals surface area (Å²) in [5.41, 5.74) is 5.42. The molecule has 2 amide bonds. The molecule has 3 aromatic rings. The van der Waals surface area contributed by atoms with Crippen LogP contribution >= 0.6 is 24.0 Å². The van der Waals surface area contributed by atoms with Gasteiger partial charge in [-0.3, -0.25) is 14.5 Å². The first-order valence-corrected chi connectivity index (χ1v) is 13.1. The van der Waals surface area contributed by atoms with E-state index in [4.69, 9.17) is 21.7 Å². The molecule has 0 bridgehead atoms. The van der Waals surface area contributed by atoms with Gasteiger partial charge in [0.05, 0.1) is 17.2 Å². The first-order chi connectivity index (χ1) is 17.7. The molecular formula is C29H28N2O4S2. The van der Waals surface area contributed by atoms with Gasteiger partial charge in [0.25, 0.3) is 11.8 Å². The minimum atomic E-state index is -0.264. The number of rotatable bonds is 8. The highest BCUT2D eigenvalue weighted by Gasteiger charge is 2.33. The summed E-state index contributed by atoms with van der Waals surface area (Å²) >= 11 is 6.74. The second kappa shape index (κ2) is 11.6. The van der Waals surface area contributed by atoms with Crippen LogP contribution in [0, 0.1) is 20.8 Å². The summed E-state index contributed by atoms with van der Waals surface area (Å²) in [5, 5.41) is 2.89. The third-order valence-electron chi connectivity index (χ3n) is 5.68. The summed E-state index contributed by atoms with van der Waals surface area (Å²) in [6.07, 6.45) is 1.78. The molecule has 0 atom stereocenters. The Morgan fingerprint density at radius 3 is 2.43 bits per heavy atom. The van der Waals surface area contributed by atoms with Gasteiger partial charge in [-0.15, -0.1) is 0 Å². The van der Waals surface area contributed by atoms with Crippen LogP contribution in [0.25, 0.3) is 6.08 Å². The number of anilines is 2. The lowest BCUT2D eigenvalue weighted by molar-refractivity contribution is -0.118. The predicted octanol–water partition coefficient (Wildman–Crippen LogP) is 6.43. The van der Waals surface area contributed by atoms with Crippen molar-refractivity contribution in [2.45, 2.75) is 27.7 Å². The van der Waals surface area contributed by atoms with Crippen LogP contribution in [0.15, 0.2) is 65.6 Å². The number of ether oxygens (including phenoxy) is 2. The summed E-state index contributed by atoms with van der Waals surface area (Å²) in [5.74, 6) is 0.507. The van der Waals surface area contributed by atoms with Crippen molar-refractivity contribution in [3.63, 3.8) is 0 Å². The maximum absolute atomic E-state index is 13.1. The normalized spacial score (nSPS) is 14.3. The highest BCUT2D eigenvalue weighted by Crippen LogP contribution is 2.37. The monoisotopic (exact) mass is 532 g/mol. The molecule has 8 heteroatoms. The Kier molecular flexibility index (Phi) is 8.31. The number of nitrogens with one attached hydrogen (secondary N) is 1. The van der Waals surface area contributed by atoms with E-state index in [2.05, 4.69) is 5.32 Å². The van der Waals surface area contributed by atoms with Crippen LogP contribution in [-0.4, -0.2) is 29.3 Å². The molecule has 1 fully saturated rings. The minimum Gasteiger partial charge on any atom is -0.490 e. The van der Waals surface area contributed by atoms with Crippen molar-refractivity contribution in [3.05, 3.63) is 87.8 Å². The Balaban J connectivity index is 1.48. The van der Waals surface area contributed by atoms with Crippen LogP contribution in [0.2, 0.25) is 0 Å².